The summed E-state index contributed by atoms with van der Waals surface area (Å²) < 4.78 is 53.2. The molecule has 100 valence electrons. The average Bonchev–Trinajstić information content (AvgIpc) is 2.32. The van der Waals surface area contributed by atoms with Gasteiger partial charge in [0.1, 0.15) is 23.3 Å². The molecule has 0 aliphatic heterocycles. The number of rotatable bonds is 3. The standard InChI is InChI=1S/C14H9ClF4/c15-10(14-11(17)2-1-3-12(14)18)6-8-4-5-9(16)7-13(8)19/h1-5,7,10H,6H2. The van der Waals surface area contributed by atoms with Gasteiger partial charge in [-0.25, -0.2) is 17.6 Å². The molecule has 1 atom stereocenters. The Hall–Kier alpha value is -1.55. The Bertz CT molecular complexity index is 578. The van der Waals surface area contributed by atoms with E-state index in [2.05, 4.69) is 0 Å². The van der Waals surface area contributed by atoms with Crippen LogP contribution in [0.25, 0.3) is 0 Å². The first-order chi connectivity index (χ1) is 8.99. The van der Waals surface area contributed by atoms with E-state index < -0.39 is 28.6 Å². The molecule has 0 aliphatic carbocycles. The van der Waals surface area contributed by atoms with Crippen LogP contribution in [0.15, 0.2) is 36.4 Å². The monoisotopic (exact) mass is 288 g/mol. The molecule has 0 heterocycles. The summed E-state index contributed by atoms with van der Waals surface area (Å²) in [5, 5.41) is -1.07. The second kappa shape index (κ2) is 5.61. The van der Waals surface area contributed by atoms with Gasteiger partial charge in [-0.15, -0.1) is 11.6 Å². The quantitative estimate of drug-likeness (QED) is 0.564. The smallest absolute Gasteiger partial charge is 0.130 e. The van der Waals surface area contributed by atoms with Crippen molar-refractivity contribution in [2.75, 3.05) is 0 Å². The number of alkyl halides is 1. The molecule has 0 aromatic heterocycles. The Morgan fingerprint density at radius 1 is 0.895 bits per heavy atom. The molecule has 0 aliphatic rings. The van der Waals surface area contributed by atoms with E-state index in [1.165, 1.54) is 12.1 Å². The van der Waals surface area contributed by atoms with Gasteiger partial charge in [-0.05, 0) is 30.2 Å². The van der Waals surface area contributed by atoms with E-state index in [-0.39, 0.29) is 17.5 Å². The molecule has 0 fully saturated rings. The first-order valence-corrected chi connectivity index (χ1v) is 5.94. The highest BCUT2D eigenvalue weighted by Crippen LogP contribution is 2.30. The maximum Gasteiger partial charge on any atom is 0.130 e. The van der Waals surface area contributed by atoms with E-state index in [0.717, 1.165) is 18.2 Å². The molecular formula is C14H9ClF4. The lowest BCUT2D eigenvalue weighted by Crippen LogP contribution is -2.04. The highest BCUT2D eigenvalue weighted by Gasteiger charge is 2.19. The van der Waals surface area contributed by atoms with Crippen molar-refractivity contribution >= 4 is 11.6 Å². The lowest BCUT2D eigenvalue weighted by atomic mass is 10.0. The van der Waals surface area contributed by atoms with Crippen molar-refractivity contribution < 1.29 is 17.6 Å². The zero-order chi connectivity index (χ0) is 14.0. The molecule has 0 N–H and O–H groups in total. The van der Waals surface area contributed by atoms with Crippen molar-refractivity contribution in [2.24, 2.45) is 0 Å². The molecule has 1 unspecified atom stereocenters. The predicted molar refractivity (Wildman–Crippen MR) is 65.0 cm³/mol. The minimum Gasteiger partial charge on any atom is -0.207 e. The molecule has 2 aromatic rings. The molecule has 0 spiro atoms. The van der Waals surface area contributed by atoms with Crippen molar-refractivity contribution in [2.45, 2.75) is 11.8 Å². The SMILES string of the molecule is Fc1ccc(CC(Cl)c2c(F)cccc2F)c(F)c1. The average molecular weight is 289 g/mol. The van der Waals surface area contributed by atoms with Crippen molar-refractivity contribution in [1.82, 2.24) is 0 Å². The van der Waals surface area contributed by atoms with Crippen molar-refractivity contribution in [3.05, 3.63) is 70.8 Å². The van der Waals surface area contributed by atoms with Crippen LogP contribution in [0.5, 0.6) is 0 Å². The molecule has 0 bridgehead atoms. The number of hydrogen-bond acceptors (Lipinski definition) is 0. The van der Waals surface area contributed by atoms with Crippen LogP contribution in [0.4, 0.5) is 17.6 Å². The Morgan fingerprint density at radius 3 is 2.11 bits per heavy atom. The lowest BCUT2D eigenvalue weighted by Gasteiger charge is -2.12. The van der Waals surface area contributed by atoms with Crippen LogP contribution in [0.3, 0.4) is 0 Å². The summed E-state index contributed by atoms with van der Waals surface area (Å²) in [6.07, 6.45) is -0.133. The molecule has 0 nitrogen and oxygen atoms in total. The van der Waals surface area contributed by atoms with Gasteiger partial charge in [-0.3, -0.25) is 0 Å². The van der Waals surface area contributed by atoms with E-state index >= 15 is 0 Å². The van der Waals surface area contributed by atoms with Crippen LogP contribution < -0.4 is 0 Å². The number of benzene rings is 2. The third-order valence-electron chi connectivity index (χ3n) is 2.73. The van der Waals surface area contributed by atoms with Crippen LogP contribution in [0.2, 0.25) is 0 Å². The molecule has 0 radical (unpaired) electrons. The highest BCUT2D eigenvalue weighted by molar-refractivity contribution is 6.21. The van der Waals surface area contributed by atoms with E-state index in [1.54, 1.807) is 0 Å². The fourth-order valence-electron chi connectivity index (χ4n) is 1.79. The fraction of sp³-hybridized carbons (Fsp3) is 0.143. The summed E-state index contributed by atoms with van der Waals surface area (Å²) >= 11 is 5.92. The molecule has 5 heteroatoms. The molecule has 19 heavy (non-hydrogen) atoms. The van der Waals surface area contributed by atoms with E-state index in [9.17, 15) is 17.6 Å². The number of halogens is 5. The Balaban J connectivity index is 2.28. The second-order valence-electron chi connectivity index (χ2n) is 4.04. The van der Waals surface area contributed by atoms with E-state index in [4.69, 9.17) is 11.6 Å². The second-order valence-corrected chi connectivity index (χ2v) is 4.57. The zero-order valence-electron chi connectivity index (χ0n) is 9.64. The summed E-state index contributed by atoms with van der Waals surface area (Å²) in [7, 11) is 0. The summed E-state index contributed by atoms with van der Waals surface area (Å²) in [4.78, 5) is 0. The molecule has 2 aromatic carbocycles. The van der Waals surface area contributed by atoms with Gasteiger partial charge in [0.05, 0.1) is 5.38 Å². The van der Waals surface area contributed by atoms with Gasteiger partial charge < -0.3 is 0 Å². The van der Waals surface area contributed by atoms with Crippen molar-refractivity contribution in [3.8, 4) is 0 Å². The van der Waals surface area contributed by atoms with Gasteiger partial charge in [-0.2, -0.15) is 0 Å². The van der Waals surface area contributed by atoms with Crippen LogP contribution in [-0.4, -0.2) is 0 Å². The van der Waals surface area contributed by atoms with Crippen molar-refractivity contribution in [3.63, 3.8) is 0 Å². The maximum absolute atomic E-state index is 13.5. The first kappa shape index (κ1) is 13.9. The van der Waals surface area contributed by atoms with Crippen LogP contribution >= 0.6 is 11.6 Å². The molecule has 0 amide bonds. The highest BCUT2D eigenvalue weighted by atomic mass is 35.5. The van der Waals surface area contributed by atoms with Gasteiger partial charge in [-0.1, -0.05) is 12.1 Å². The Morgan fingerprint density at radius 2 is 1.53 bits per heavy atom. The van der Waals surface area contributed by atoms with Crippen molar-refractivity contribution in [1.29, 1.82) is 0 Å². The first-order valence-electron chi connectivity index (χ1n) is 5.51. The van der Waals surface area contributed by atoms with Gasteiger partial charge >= 0.3 is 0 Å². The predicted octanol–water partition coefficient (Wildman–Crippen LogP) is 4.77. The number of hydrogen-bond donors (Lipinski definition) is 0. The summed E-state index contributed by atoms with van der Waals surface area (Å²) in [5.74, 6) is -3.09. The van der Waals surface area contributed by atoms with Gasteiger partial charge in [0.25, 0.3) is 0 Å². The van der Waals surface area contributed by atoms with Crippen LogP contribution in [0.1, 0.15) is 16.5 Å². The van der Waals surface area contributed by atoms with Gasteiger partial charge in [0.2, 0.25) is 0 Å². The van der Waals surface area contributed by atoms with Gasteiger partial charge in [0, 0.05) is 11.6 Å². The summed E-state index contributed by atoms with van der Waals surface area (Å²) in [6, 6.07) is 6.36. The molecular weight excluding hydrogens is 280 g/mol. The largest absolute Gasteiger partial charge is 0.207 e. The molecule has 0 saturated carbocycles. The fourth-order valence-corrected chi connectivity index (χ4v) is 2.17. The topological polar surface area (TPSA) is 0 Å². The minimum atomic E-state index is -1.07. The van der Waals surface area contributed by atoms with E-state index in [0.29, 0.717) is 6.07 Å². The lowest BCUT2D eigenvalue weighted by molar-refractivity contribution is 0.543. The Labute approximate surface area is 112 Å². The van der Waals surface area contributed by atoms with E-state index in [1.807, 2.05) is 0 Å². The third-order valence-corrected chi connectivity index (χ3v) is 3.10. The molecule has 2 rings (SSSR count). The third kappa shape index (κ3) is 3.07. The maximum atomic E-state index is 13.5. The minimum absolute atomic E-state index is 0.101. The summed E-state index contributed by atoms with van der Waals surface area (Å²) in [6.45, 7) is 0. The zero-order valence-corrected chi connectivity index (χ0v) is 10.4. The van der Waals surface area contributed by atoms with Crippen LogP contribution in [0, 0.1) is 23.3 Å². The van der Waals surface area contributed by atoms with Gasteiger partial charge in [0.15, 0.2) is 0 Å². The molecule has 0 saturated heterocycles. The summed E-state index contributed by atoms with van der Waals surface area (Å²) in [5.41, 5.74) is -0.211. The van der Waals surface area contributed by atoms with Crippen LogP contribution in [-0.2, 0) is 6.42 Å². The Kier molecular flexibility index (Phi) is 4.10. The normalized spacial score (nSPS) is 12.5.